The number of unbranched alkanes of at least 4 members (excludes halogenated alkanes) is 2. The van der Waals surface area contributed by atoms with Gasteiger partial charge >= 0.3 is 10.0 Å². The van der Waals surface area contributed by atoms with Crippen LogP contribution in [0, 0.1) is 17.8 Å². The second-order valence-electron chi connectivity index (χ2n) is 12.4. The van der Waals surface area contributed by atoms with Crippen molar-refractivity contribution in [2.75, 3.05) is 18.4 Å². The summed E-state index contributed by atoms with van der Waals surface area (Å²) in [5.74, 6) is -2.32. The minimum absolute atomic E-state index is 0.0906. The normalized spacial score (nSPS) is 20.8. The van der Waals surface area contributed by atoms with Crippen molar-refractivity contribution in [3.05, 3.63) is 29.8 Å². The number of nitrogens with one attached hydrogen (secondary N) is 4. The maximum Gasteiger partial charge on any atom is 0.367 e. The van der Waals surface area contributed by atoms with Gasteiger partial charge in [0.15, 0.2) is 0 Å². The van der Waals surface area contributed by atoms with Gasteiger partial charge in [-0.15, -0.1) is 0 Å². The van der Waals surface area contributed by atoms with E-state index in [1.165, 1.54) is 27.5 Å². The lowest BCUT2D eigenvalue weighted by molar-refractivity contribution is -0.139. The highest BCUT2D eigenvalue weighted by atomic mass is 127. The number of carbonyl (C=O) groups excluding carboxylic acids is 7. The molecule has 7 amide bonds. The molecule has 0 radical (unpaired) electrons. The van der Waals surface area contributed by atoms with Gasteiger partial charge in [-0.25, -0.2) is 9.59 Å². The molecule has 1 aromatic carbocycles. The number of likely N-dealkylation sites (tertiary alicyclic amines) is 1. The largest absolute Gasteiger partial charge is 0.453 e. The average molecular weight is 769 g/mol. The quantitative estimate of drug-likeness (QED) is 0.0648. The molecule has 47 heavy (non-hydrogen) atoms. The first-order valence-electron chi connectivity index (χ1n) is 16.0. The number of primary amides is 1. The predicted octanol–water partition coefficient (Wildman–Crippen LogP) is 3.12. The van der Waals surface area contributed by atoms with Gasteiger partial charge < -0.3 is 31.7 Å². The number of halogens is 1. The summed E-state index contributed by atoms with van der Waals surface area (Å²) in [7, 11) is 0. The van der Waals surface area contributed by atoms with Crippen LogP contribution in [0.25, 0.3) is 0 Å². The number of hydrogen-bond acceptors (Lipinski definition) is 8. The lowest BCUT2D eigenvalue weighted by Crippen LogP contribution is -2.56. The molecule has 258 valence electrons. The molecule has 15 heteroatoms. The second kappa shape index (κ2) is 17.4. The topological polar surface area (TPSA) is 206 Å². The molecular weight excluding hydrogens is 723 g/mol. The van der Waals surface area contributed by atoms with Crippen molar-refractivity contribution in [2.45, 2.75) is 90.3 Å². The van der Waals surface area contributed by atoms with Crippen LogP contribution < -0.4 is 27.0 Å². The van der Waals surface area contributed by atoms with Gasteiger partial charge in [-0.3, -0.25) is 28.9 Å². The van der Waals surface area contributed by atoms with Gasteiger partial charge in [-0.1, -0.05) is 39.3 Å². The van der Waals surface area contributed by atoms with Gasteiger partial charge in [0.2, 0.25) is 29.5 Å². The van der Waals surface area contributed by atoms with Crippen LogP contribution in [0.4, 0.5) is 15.3 Å². The number of hydrogen-bond donors (Lipinski definition) is 5. The van der Waals surface area contributed by atoms with Crippen LogP contribution in [0.15, 0.2) is 24.3 Å². The smallest absolute Gasteiger partial charge is 0.367 e. The highest BCUT2D eigenvalue weighted by Crippen LogP contribution is 2.47. The fraction of sp³-hybridized carbons (Fsp3) is 0.594. The van der Waals surface area contributed by atoms with Crippen LogP contribution in [-0.4, -0.2) is 69.1 Å². The third kappa shape index (κ3) is 10.9. The standard InChI is InChI=1S/C32H45IN6O8/c1-4-21-16-25(41)39(28(21)43)15-7-5-6-8-24(40)37-26(19(2)3)27(42)38-32(17-22(32)13-14-35-31(34)46)29(44)36-23-11-9-20(10-12-23)18-47-30(33)45/h9-12,19,21-22,26H,4-8,13-18H2,1-3H3,(H,36,44)(H,37,40)(H,38,42)(H3,34,35,46)/t21?,22-,26+,32?/m1/s1. The van der Waals surface area contributed by atoms with Gasteiger partial charge in [0.1, 0.15) is 18.2 Å². The summed E-state index contributed by atoms with van der Waals surface area (Å²) in [4.78, 5) is 88.0. The van der Waals surface area contributed by atoms with Gasteiger partial charge in [-0.2, -0.15) is 0 Å². The lowest BCUT2D eigenvalue weighted by Gasteiger charge is -2.26. The molecule has 1 aromatic rings. The van der Waals surface area contributed by atoms with Gasteiger partial charge in [0.05, 0.1) is 22.6 Å². The van der Waals surface area contributed by atoms with E-state index in [0.29, 0.717) is 50.8 Å². The molecule has 2 unspecified atom stereocenters. The van der Waals surface area contributed by atoms with Crippen LogP contribution >= 0.6 is 22.6 Å². The molecular formula is C32H45IN6O8. The van der Waals surface area contributed by atoms with Crippen LogP contribution in [0.5, 0.6) is 0 Å². The molecule has 14 nitrogen and oxygen atoms in total. The number of amides is 7. The summed E-state index contributed by atoms with van der Waals surface area (Å²) >= 11 is 1.54. The van der Waals surface area contributed by atoms with Gasteiger partial charge in [-0.05, 0) is 61.6 Å². The predicted molar refractivity (Wildman–Crippen MR) is 181 cm³/mol. The van der Waals surface area contributed by atoms with E-state index < -0.39 is 33.4 Å². The Labute approximate surface area is 288 Å². The zero-order chi connectivity index (χ0) is 34.7. The monoisotopic (exact) mass is 768 g/mol. The lowest BCUT2D eigenvalue weighted by atomic mass is 10.0. The Kier molecular flexibility index (Phi) is 14.0. The van der Waals surface area contributed by atoms with Crippen molar-refractivity contribution >= 4 is 67.8 Å². The van der Waals surface area contributed by atoms with Crippen LogP contribution in [0.1, 0.15) is 77.7 Å². The van der Waals surface area contributed by atoms with Gasteiger partial charge in [0.25, 0.3) is 0 Å². The second-order valence-corrected chi connectivity index (χ2v) is 13.3. The Morgan fingerprint density at radius 2 is 1.79 bits per heavy atom. The minimum Gasteiger partial charge on any atom is -0.453 e. The highest BCUT2D eigenvalue weighted by Gasteiger charge is 2.61. The van der Waals surface area contributed by atoms with E-state index in [1.807, 2.05) is 6.92 Å². The Hall–Kier alpha value is -3.76. The van der Waals surface area contributed by atoms with E-state index in [4.69, 9.17) is 10.5 Å². The van der Waals surface area contributed by atoms with Crippen LogP contribution in [-0.2, 0) is 35.3 Å². The van der Waals surface area contributed by atoms with Crippen molar-refractivity contribution in [1.82, 2.24) is 20.9 Å². The first kappa shape index (κ1) is 37.7. The summed E-state index contributed by atoms with van der Waals surface area (Å²) in [5.41, 5.74) is 5.13. The van der Waals surface area contributed by atoms with E-state index >= 15 is 0 Å². The zero-order valence-corrected chi connectivity index (χ0v) is 29.2. The fourth-order valence-corrected chi connectivity index (χ4v) is 5.87. The van der Waals surface area contributed by atoms with Gasteiger partial charge in [0, 0.05) is 37.5 Å². The molecule has 1 heterocycles. The Balaban J connectivity index is 1.56. The third-order valence-corrected chi connectivity index (χ3v) is 8.91. The molecule has 1 saturated carbocycles. The zero-order valence-electron chi connectivity index (χ0n) is 27.1. The van der Waals surface area contributed by atoms with E-state index in [-0.39, 0.29) is 61.5 Å². The summed E-state index contributed by atoms with van der Waals surface area (Å²) < 4.78 is 4.54. The number of carbonyl (C=O) groups is 7. The molecule has 0 aromatic heterocycles. The summed E-state index contributed by atoms with van der Waals surface area (Å²) in [5, 5.41) is 11.0. The summed E-state index contributed by atoms with van der Waals surface area (Å²) in [6.45, 7) is 6.13. The van der Waals surface area contributed by atoms with Crippen molar-refractivity contribution in [3.63, 3.8) is 0 Å². The van der Waals surface area contributed by atoms with Crippen molar-refractivity contribution in [3.8, 4) is 0 Å². The molecule has 1 aliphatic carbocycles. The summed E-state index contributed by atoms with van der Waals surface area (Å²) in [6, 6.07) is 5.15. The fourth-order valence-electron chi connectivity index (χ4n) is 5.72. The number of anilines is 1. The van der Waals surface area contributed by atoms with E-state index in [9.17, 15) is 33.6 Å². The average Bonchev–Trinajstić information content (AvgIpc) is 3.64. The molecule has 1 saturated heterocycles. The molecule has 4 atom stereocenters. The molecule has 0 spiro atoms. The molecule has 2 aliphatic rings. The number of urea groups is 1. The molecule has 0 bridgehead atoms. The molecule has 2 fully saturated rings. The van der Waals surface area contributed by atoms with E-state index in [1.54, 1.807) is 38.1 Å². The highest BCUT2D eigenvalue weighted by molar-refractivity contribution is 14.1. The van der Waals surface area contributed by atoms with Crippen LogP contribution in [0.3, 0.4) is 0 Å². The number of imide groups is 1. The first-order valence-corrected chi connectivity index (χ1v) is 17.1. The summed E-state index contributed by atoms with van der Waals surface area (Å²) in [6.07, 6.45) is 3.53. The number of nitrogens with two attached hydrogens (primary N) is 1. The Morgan fingerprint density at radius 3 is 2.38 bits per heavy atom. The minimum atomic E-state index is -1.26. The SMILES string of the molecule is CCC1CC(=O)N(CCCCCC(=O)N[C@H](C(=O)NC2(C(=O)Nc3ccc(COC(=O)I)cc3)C[C@H]2CCNC(N)=O)C(C)C)C1=O. The van der Waals surface area contributed by atoms with Crippen molar-refractivity contribution in [1.29, 1.82) is 0 Å². The molecule has 6 N–H and O–H groups in total. The van der Waals surface area contributed by atoms with Crippen molar-refractivity contribution in [2.24, 2.45) is 23.5 Å². The Bertz CT molecular complexity index is 1340. The van der Waals surface area contributed by atoms with Crippen LogP contribution in [0.2, 0.25) is 0 Å². The van der Waals surface area contributed by atoms with E-state index in [0.717, 1.165) is 5.56 Å². The number of rotatable bonds is 18. The number of nitrogens with zero attached hydrogens (tertiary/aromatic N) is 1. The van der Waals surface area contributed by atoms with Crippen molar-refractivity contribution < 1.29 is 38.3 Å². The molecule has 1 aliphatic heterocycles. The molecule has 3 rings (SSSR count). The number of benzene rings is 1. The Morgan fingerprint density at radius 1 is 1.09 bits per heavy atom. The maximum absolute atomic E-state index is 13.6. The maximum atomic E-state index is 13.6. The third-order valence-electron chi connectivity index (χ3n) is 8.59. The number of ether oxygens (including phenoxy) is 1. The first-order chi connectivity index (χ1) is 22.3. The van der Waals surface area contributed by atoms with E-state index in [2.05, 4.69) is 21.3 Å².